The number of carboxylic acids is 1. The van der Waals surface area contributed by atoms with Gasteiger partial charge < -0.3 is 15.2 Å². The molecule has 0 heterocycles. The third kappa shape index (κ3) is 2.45. The summed E-state index contributed by atoms with van der Waals surface area (Å²) in [6.07, 6.45) is 1.22. The fraction of sp³-hybridized carbons (Fsp3) is 0.385. The molecule has 5 nitrogen and oxygen atoms in total. The van der Waals surface area contributed by atoms with E-state index >= 15 is 0 Å². The average Bonchev–Trinajstić information content (AvgIpc) is 2.27. The van der Waals surface area contributed by atoms with Gasteiger partial charge in [-0.3, -0.25) is 9.59 Å². The smallest absolute Gasteiger partial charge is 0.307 e. The quantitative estimate of drug-likeness (QED) is 0.852. The molecule has 0 bridgehead atoms. The number of hydrogen-bond donors (Lipinski definition) is 2. The van der Waals surface area contributed by atoms with Crippen LogP contribution >= 0.6 is 0 Å². The number of aliphatic carboxylic acids is 1. The van der Waals surface area contributed by atoms with E-state index in [0.717, 1.165) is 0 Å². The van der Waals surface area contributed by atoms with Gasteiger partial charge in [0, 0.05) is 5.69 Å². The van der Waals surface area contributed by atoms with Crippen LogP contribution in [0.25, 0.3) is 0 Å². The number of hydrogen-bond acceptors (Lipinski definition) is 3. The van der Waals surface area contributed by atoms with Gasteiger partial charge in [-0.1, -0.05) is 0 Å². The van der Waals surface area contributed by atoms with Crippen LogP contribution in [0.5, 0.6) is 5.75 Å². The van der Waals surface area contributed by atoms with E-state index in [4.69, 9.17) is 9.84 Å². The van der Waals surface area contributed by atoms with Gasteiger partial charge in [0.15, 0.2) is 0 Å². The summed E-state index contributed by atoms with van der Waals surface area (Å²) >= 11 is 0. The third-order valence-corrected chi connectivity index (χ3v) is 3.29. The predicted octanol–water partition coefficient (Wildman–Crippen LogP) is 1.74. The summed E-state index contributed by atoms with van der Waals surface area (Å²) in [6, 6.07) is 6.94. The van der Waals surface area contributed by atoms with E-state index in [0.29, 0.717) is 24.3 Å². The van der Waals surface area contributed by atoms with E-state index in [1.807, 2.05) is 0 Å². The number of carboxylic acid groups (broad SMARTS) is 1. The minimum Gasteiger partial charge on any atom is -0.497 e. The first kappa shape index (κ1) is 12.4. The number of ether oxygens (including phenoxy) is 1. The van der Waals surface area contributed by atoms with E-state index in [9.17, 15) is 9.59 Å². The third-order valence-electron chi connectivity index (χ3n) is 3.29. The first-order valence-corrected chi connectivity index (χ1v) is 5.79. The van der Waals surface area contributed by atoms with Crippen molar-refractivity contribution in [1.29, 1.82) is 0 Å². The van der Waals surface area contributed by atoms with Crippen molar-refractivity contribution in [2.45, 2.75) is 12.8 Å². The van der Waals surface area contributed by atoms with Crippen molar-refractivity contribution in [3.05, 3.63) is 24.3 Å². The number of carbonyl (C=O) groups excluding carboxylic acids is 1. The fourth-order valence-electron chi connectivity index (χ4n) is 2.02. The molecule has 1 amide bonds. The van der Waals surface area contributed by atoms with Crippen LogP contribution in [0, 0.1) is 11.8 Å². The van der Waals surface area contributed by atoms with Gasteiger partial charge in [-0.05, 0) is 37.1 Å². The Morgan fingerprint density at radius 3 is 2.28 bits per heavy atom. The van der Waals surface area contributed by atoms with E-state index in [1.165, 1.54) is 0 Å². The number of anilines is 1. The van der Waals surface area contributed by atoms with Crippen LogP contribution in [0.3, 0.4) is 0 Å². The van der Waals surface area contributed by atoms with Crippen LogP contribution in [0.15, 0.2) is 24.3 Å². The molecule has 1 aromatic carbocycles. The first-order chi connectivity index (χ1) is 8.61. The van der Waals surface area contributed by atoms with E-state index in [2.05, 4.69) is 5.32 Å². The summed E-state index contributed by atoms with van der Waals surface area (Å²) < 4.78 is 5.01. The van der Waals surface area contributed by atoms with Gasteiger partial charge in [0.25, 0.3) is 0 Å². The molecule has 18 heavy (non-hydrogen) atoms. The lowest BCUT2D eigenvalue weighted by Gasteiger charge is -2.31. The Morgan fingerprint density at radius 2 is 1.83 bits per heavy atom. The highest BCUT2D eigenvalue weighted by atomic mass is 16.5. The molecule has 1 aliphatic rings. The second-order valence-corrected chi connectivity index (χ2v) is 4.35. The van der Waals surface area contributed by atoms with Crippen molar-refractivity contribution in [2.24, 2.45) is 11.8 Å². The number of rotatable bonds is 4. The van der Waals surface area contributed by atoms with Crippen molar-refractivity contribution in [1.82, 2.24) is 0 Å². The minimum atomic E-state index is -0.892. The number of methoxy groups -OCH3 is 1. The van der Waals surface area contributed by atoms with Crippen molar-refractivity contribution in [2.75, 3.05) is 12.4 Å². The summed E-state index contributed by atoms with van der Waals surface area (Å²) in [7, 11) is 1.57. The molecule has 1 saturated carbocycles. The molecule has 1 fully saturated rings. The van der Waals surface area contributed by atoms with Crippen LogP contribution in [0.1, 0.15) is 12.8 Å². The van der Waals surface area contributed by atoms with Crippen molar-refractivity contribution >= 4 is 17.6 Å². The van der Waals surface area contributed by atoms with Crippen LogP contribution in [-0.2, 0) is 9.59 Å². The van der Waals surface area contributed by atoms with Crippen molar-refractivity contribution < 1.29 is 19.4 Å². The average molecular weight is 249 g/mol. The van der Waals surface area contributed by atoms with E-state index < -0.39 is 17.8 Å². The minimum absolute atomic E-state index is 0.223. The number of amides is 1. The lowest BCUT2D eigenvalue weighted by molar-refractivity contribution is -0.151. The second-order valence-electron chi connectivity index (χ2n) is 4.35. The van der Waals surface area contributed by atoms with Crippen LogP contribution in [0.2, 0.25) is 0 Å². The van der Waals surface area contributed by atoms with E-state index in [1.54, 1.807) is 31.4 Å². The molecule has 2 unspecified atom stereocenters. The highest BCUT2D eigenvalue weighted by Crippen LogP contribution is 2.35. The molecule has 0 spiro atoms. The monoisotopic (exact) mass is 249 g/mol. The molecule has 0 saturated heterocycles. The lowest BCUT2D eigenvalue weighted by Crippen LogP contribution is -2.41. The first-order valence-electron chi connectivity index (χ1n) is 5.79. The van der Waals surface area contributed by atoms with Gasteiger partial charge in [-0.2, -0.15) is 0 Å². The second kappa shape index (κ2) is 5.08. The SMILES string of the molecule is COc1ccc(NC(=O)C2CCC2C(=O)O)cc1. The van der Waals surface area contributed by atoms with Gasteiger partial charge in [0.05, 0.1) is 18.9 Å². The Kier molecular flexibility index (Phi) is 3.50. The molecular weight excluding hydrogens is 234 g/mol. The molecular formula is C13H15NO4. The Morgan fingerprint density at radius 1 is 1.22 bits per heavy atom. The summed E-state index contributed by atoms with van der Waals surface area (Å²) in [4.78, 5) is 22.7. The topological polar surface area (TPSA) is 75.6 Å². The number of carbonyl (C=O) groups is 2. The maximum Gasteiger partial charge on any atom is 0.307 e. The molecule has 5 heteroatoms. The van der Waals surface area contributed by atoms with Crippen LogP contribution in [0.4, 0.5) is 5.69 Å². The van der Waals surface area contributed by atoms with Crippen molar-refractivity contribution in [3.8, 4) is 5.75 Å². The molecule has 1 aliphatic carbocycles. The van der Waals surface area contributed by atoms with Gasteiger partial charge >= 0.3 is 5.97 Å². The van der Waals surface area contributed by atoms with Crippen LogP contribution in [-0.4, -0.2) is 24.1 Å². The standard InChI is InChI=1S/C13H15NO4/c1-18-9-4-2-8(3-5-9)14-12(15)10-6-7-11(10)13(16)17/h2-5,10-11H,6-7H2,1H3,(H,14,15)(H,16,17). The predicted molar refractivity (Wildman–Crippen MR) is 65.5 cm³/mol. The summed E-state index contributed by atoms with van der Waals surface area (Å²) in [5.41, 5.74) is 0.650. The zero-order valence-electron chi connectivity index (χ0n) is 10.1. The summed E-state index contributed by atoms with van der Waals surface area (Å²) in [5, 5.41) is 11.6. The molecule has 96 valence electrons. The van der Waals surface area contributed by atoms with Gasteiger partial charge in [-0.25, -0.2) is 0 Å². The Bertz CT molecular complexity index is 455. The summed E-state index contributed by atoms with van der Waals surface area (Å²) in [5.74, 6) is -1.36. The maximum absolute atomic E-state index is 11.9. The van der Waals surface area contributed by atoms with Gasteiger partial charge in [-0.15, -0.1) is 0 Å². The van der Waals surface area contributed by atoms with Crippen LogP contribution < -0.4 is 10.1 Å². The lowest BCUT2D eigenvalue weighted by atomic mass is 9.73. The fourth-order valence-corrected chi connectivity index (χ4v) is 2.02. The molecule has 0 aliphatic heterocycles. The molecule has 0 aromatic heterocycles. The number of benzene rings is 1. The maximum atomic E-state index is 11.9. The Labute approximate surface area is 105 Å². The highest BCUT2D eigenvalue weighted by molar-refractivity contribution is 5.96. The number of nitrogens with one attached hydrogen (secondary N) is 1. The highest BCUT2D eigenvalue weighted by Gasteiger charge is 2.41. The largest absolute Gasteiger partial charge is 0.497 e. The summed E-state index contributed by atoms with van der Waals surface area (Å²) in [6.45, 7) is 0. The van der Waals surface area contributed by atoms with Crippen molar-refractivity contribution in [3.63, 3.8) is 0 Å². The zero-order valence-corrected chi connectivity index (χ0v) is 10.1. The molecule has 2 N–H and O–H groups in total. The van der Waals surface area contributed by atoms with E-state index in [-0.39, 0.29) is 5.91 Å². The van der Waals surface area contributed by atoms with Gasteiger partial charge in [0.2, 0.25) is 5.91 Å². The Hall–Kier alpha value is -2.04. The van der Waals surface area contributed by atoms with Gasteiger partial charge in [0.1, 0.15) is 5.75 Å². The molecule has 0 radical (unpaired) electrons. The Balaban J connectivity index is 1.96. The molecule has 1 aromatic rings. The molecule has 2 rings (SSSR count). The molecule has 2 atom stereocenters. The zero-order chi connectivity index (χ0) is 13.1. The normalized spacial score (nSPS) is 21.8.